The summed E-state index contributed by atoms with van der Waals surface area (Å²) < 4.78 is 28.3. The van der Waals surface area contributed by atoms with Gasteiger partial charge in [0.25, 0.3) is 10.0 Å². The molecule has 2 aromatic carbocycles. The fraction of sp³-hybridized carbons (Fsp3) is 0.292. The van der Waals surface area contributed by atoms with E-state index in [-0.39, 0.29) is 22.1 Å². The van der Waals surface area contributed by atoms with E-state index in [1.165, 1.54) is 21.2 Å². The van der Waals surface area contributed by atoms with Gasteiger partial charge in [0, 0.05) is 12.2 Å². The summed E-state index contributed by atoms with van der Waals surface area (Å²) in [4.78, 5) is 13.3. The monoisotopic (exact) mass is 454 g/mol. The van der Waals surface area contributed by atoms with Gasteiger partial charge in [-0.05, 0) is 52.1 Å². The molecule has 0 radical (unpaired) electrons. The van der Waals surface area contributed by atoms with Crippen LogP contribution in [0.5, 0.6) is 0 Å². The number of nitrogens with one attached hydrogen (secondary N) is 1. The highest BCUT2D eigenvalue weighted by Crippen LogP contribution is 2.31. The van der Waals surface area contributed by atoms with Crippen LogP contribution in [0, 0.1) is 0 Å². The van der Waals surface area contributed by atoms with Gasteiger partial charge in [0.15, 0.2) is 0 Å². The Balaban J connectivity index is 1.64. The number of hydrogen-bond donors (Lipinski definition) is 1. The Hall–Kier alpha value is -2.48. The lowest BCUT2D eigenvalue weighted by Gasteiger charge is -2.34. The van der Waals surface area contributed by atoms with Gasteiger partial charge in [0.05, 0.1) is 0 Å². The second kappa shape index (κ2) is 8.22. The Morgan fingerprint density at radius 3 is 2.29 bits per heavy atom. The molecule has 1 aliphatic rings. The summed E-state index contributed by atoms with van der Waals surface area (Å²) in [7, 11) is -3.78. The zero-order chi connectivity index (χ0) is 22.2. The van der Waals surface area contributed by atoms with Gasteiger partial charge >= 0.3 is 0 Å². The van der Waals surface area contributed by atoms with E-state index in [1.54, 1.807) is 17.5 Å². The number of amides is 1. The lowest BCUT2D eigenvalue weighted by molar-refractivity contribution is -0.120. The molecule has 162 valence electrons. The maximum Gasteiger partial charge on any atom is 0.253 e. The Kier molecular flexibility index (Phi) is 5.77. The standard InChI is InChI=1S/C24H26N2O3S2/c1-24(2,3)19-10-12-20(13-11-19)25-23(27)21-15-17-7-4-5-8-18(17)16-26(21)31(28,29)22-9-6-14-30-22/h4-14,21H,15-16H2,1-3H3,(H,25,27). The van der Waals surface area contributed by atoms with E-state index in [0.717, 1.165) is 11.1 Å². The fourth-order valence-electron chi connectivity index (χ4n) is 3.78. The van der Waals surface area contributed by atoms with Crippen molar-refractivity contribution in [3.8, 4) is 0 Å². The molecular formula is C24H26N2O3S2. The summed E-state index contributed by atoms with van der Waals surface area (Å²) in [5.41, 5.74) is 3.77. The molecule has 5 nitrogen and oxygen atoms in total. The first-order valence-electron chi connectivity index (χ1n) is 10.2. The van der Waals surface area contributed by atoms with Crippen LogP contribution in [-0.4, -0.2) is 24.7 Å². The molecule has 31 heavy (non-hydrogen) atoms. The van der Waals surface area contributed by atoms with Crippen LogP contribution in [0.25, 0.3) is 0 Å². The molecule has 1 N–H and O–H groups in total. The van der Waals surface area contributed by atoms with E-state index in [1.807, 2.05) is 48.5 Å². The largest absolute Gasteiger partial charge is 0.325 e. The number of thiophene rings is 1. The molecule has 7 heteroatoms. The molecule has 0 bridgehead atoms. The maximum absolute atomic E-state index is 13.3. The van der Waals surface area contributed by atoms with Crippen LogP contribution in [0.15, 0.2) is 70.3 Å². The molecule has 1 unspecified atom stereocenters. The van der Waals surface area contributed by atoms with Crippen LogP contribution in [-0.2, 0) is 33.2 Å². The van der Waals surface area contributed by atoms with Gasteiger partial charge in [-0.2, -0.15) is 4.31 Å². The number of carbonyl (C=O) groups is 1. The molecule has 1 amide bonds. The van der Waals surface area contributed by atoms with Gasteiger partial charge in [0.2, 0.25) is 5.91 Å². The van der Waals surface area contributed by atoms with Crippen LogP contribution in [0.4, 0.5) is 5.69 Å². The first-order chi connectivity index (χ1) is 14.7. The minimum absolute atomic E-state index is 0.0151. The summed E-state index contributed by atoms with van der Waals surface area (Å²) >= 11 is 1.17. The van der Waals surface area contributed by atoms with E-state index >= 15 is 0 Å². The lowest BCUT2D eigenvalue weighted by atomic mass is 9.87. The van der Waals surface area contributed by atoms with Gasteiger partial charge in [-0.15, -0.1) is 11.3 Å². The van der Waals surface area contributed by atoms with Crippen molar-refractivity contribution >= 4 is 33.0 Å². The van der Waals surface area contributed by atoms with Gasteiger partial charge in [-0.25, -0.2) is 8.42 Å². The molecular weight excluding hydrogens is 428 g/mol. The van der Waals surface area contributed by atoms with E-state index < -0.39 is 16.1 Å². The number of rotatable bonds is 4. The summed E-state index contributed by atoms with van der Waals surface area (Å²) in [5.74, 6) is -0.321. The first kappa shape index (κ1) is 21.7. The van der Waals surface area contributed by atoms with Gasteiger partial charge in [0.1, 0.15) is 10.3 Å². The predicted octanol–water partition coefficient (Wildman–Crippen LogP) is 4.80. The average molecular weight is 455 g/mol. The highest BCUT2D eigenvalue weighted by Gasteiger charge is 2.40. The van der Waals surface area contributed by atoms with Crippen LogP contribution < -0.4 is 5.32 Å². The van der Waals surface area contributed by atoms with E-state index in [9.17, 15) is 13.2 Å². The summed E-state index contributed by atoms with van der Waals surface area (Å²) in [5, 5.41) is 4.66. The smallest absolute Gasteiger partial charge is 0.253 e. The number of nitrogens with zero attached hydrogens (tertiary/aromatic N) is 1. The highest BCUT2D eigenvalue weighted by atomic mass is 32.2. The highest BCUT2D eigenvalue weighted by molar-refractivity contribution is 7.91. The van der Waals surface area contributed by atoms with Crippen molar-refractivity contribution in [3.05, 3.63) is 82.7 Å². The van der Waals surface area contributed by atoms with E-state index in [4.69, 9.17) is 0 Å². The predicted molar refractivity (Wildman–Crippen MR) is 125 cm³/mol. The molecule has 0 fully saturated rings. The number of anilines is 1. The van der Waals surface area contributed by atoms with Gasteiger partial charge < -0.3 is 5.32 Å². The van der Waals surface area contributed by atoms with Gasteiger partial charge in [-0.3, -0.25) is 4.79 Å². The minimum Gasteiger partial charge on any atom is -0.325 e. The molecule has 1 aromatic heterocycles. The van der Waals surface area contributed by atoms with Crippen LogP contribution >= 0.6 is 11.3 Å². The van der Waals surface area contributed by atoms with Crippen molar-refractivity contribution in [1.29, 1.82) is 0 Å². The number of benzene rings is 2. The molecule has 1 aliphatic heterocycles. The lowest BCUT2D eigenvalue weighted by Crippen LogP contribution is -2.50. The Bertz CT molecular complexity index is 1180. The molecule has 0 aliphatic carbocycles. The third kappa shape index (κ3) is 4.44. The Morgan fingerprint density at radius 2 is 1.68 bits per heavy atom. The van der Waals surface area contributed by atoms with Crippen molar-refractivity contribution in [2.75, 3.05) is 5.32 Å². The van der Waals surface area contributed by atoms with Crippen molar-refractivity contribution in [3.63, 3.8) is 0 Å². The summed E-state index contributed by atoms with van der Waals surface area (Å²) in [6.07, 6.45) is 0.340. The van der Waals surface area contributed by atoms with Crippen molar-refractivity contribution in [2.45, 2.75) is 49.4 Å². The third-order valence-corrected chi connectivity index (χ3v) is 8.81. The second-order valence-corrected chi connectivity index (χ2v) is 11.9. The summed E-state index contributed by atoms with van der Waals surface area (Å²) in [6, 6.07) is 17.9. The molecule has 4 rings (SSSR count). The van der Waals surface area contributed by atoms with Crippen LogP contribution in [0.2, 0.25) is 0 Å². The SMILES string of the molecule is CC(C)(C)c1ccc(NC(=O)C2Cc3ccccc3CN2S(=O)(=O)c2cccs2)cc1. The quantitative estimate of drug-likeness (QED) is 0.616. The third-order valence-electron chi connectivity index (χ3n) is 5.58. The van der Waals surface area contributed by atoms with Crippen molar-refractivity contribution < 1.29 is 13.2 Å². The summed E-state index contributed by atoms with van der Waals surface area (Å²) in [6.45, 7) is 6.57. The maximum atomic E-state index is 13.3. The first-order valence-corrected chi connectivity index (χ1v) is 12.5. The number of sulfonamides is 1. The van der Waals surface area contributed by atoms with Crippen molar-refractivity contribution in [1.82, 2.24) is 4.31 Å². The zero-order valence-electron chi connectivity index (χ0n) is 17.8. The van der Waals surface area contributed by atoms with E-state index in [0.29, 0.717) is 12.1 Å². The Labute approximate surface area is 187 Å². The molecule has 2 heterocycles. The van der Waals surface area contributed by atoms with Crippen LogP contribution in [0.3, 0.4) is 0 Å². The topological polar surface area (TPSA) is 66.5 Å². The molecule has 1 atom stereocenters. The molecule has 0 saturated carbocycles. The minimum atomic E-state index is -3.78. The van der Waals surface area contributed by atoms with Crippen molar-refractivity contribution in [2.24, 2.45) is 0 Å². The molecule has 0 saturated heterocycles. The molecule has 0 spiro atoms. The fourth-order valence-corrected chi connectivity index (χ4v) is 6.46. The molecule has 3 aromatic rings. The number of hydrogen-bond acceptors (Lipinski definition) is 4. The van der Waals surface area contributed by atoms with E-state index in [2.05, 4.69) is 26.1 Å². The van der Waals surface area contributed by atoms with Crippen LogP contribution in [0.1, 0.15) is 37.5 Å². The normalized spacial score (nSPS) is 17.2. The number of carbonyl (C=O) groups excluding carboxylic acids is 1. The Morgan fingerprint density at radius 1 is 1.00 bits per heavy atom. The number of fused-ring (bicyclic) bond motifs is 1. The van der Waals surface area contributed by atoms with Gasteiger partial charge in [-0.1, -0.05) is 63.2 Å². The zero-order valence-corrected chi connectivity index (χ0v) is 19.5. The second-order valence-electron chi connectivity index (χ2n) is 8.79. The average Bonchev–Trinajstić information content (AvgIpc) is 3.28.